The fourth-order valence-electron chi connectivity index (χ4n) is 3.82. The highest BCUT2D eigenvalue weighted by molar-refractivity contribution is 8.02. The summed E-state index contributed by atoms with van der Waals surface area (Å²) in [5.41, 5.74) is 2.03. The van der Waals surface area contributed by atoms with Gasteiger partial charge < -0.3 is 20.1 Å². The van der Waals surface area contributed by atoms with Gasteiger partial charge in [0.2, 0.25) is 0 Å². The van der Waals surface area contributed by atoms with Crippen molar-refractivity contribution >= 4 is 35.1 Å². The number of thioether (sulfide) groups is 1. The van der Waals surface area contributed by atoms with Crippen molar-refractivity contribution in [1.29, 1.82) is 0 Å². The number of carbonyl (C=O) groups excluding carboxylic acids is 2. The number of anilines is 2. The molecule has 2 aliphatic rings. The van der Waals surface area contributed by atoms with Crippen molar-refractivity contribution in [3.8, 4) is 11.5 Å². The molecular weight excluding hydrogens is 390 g/mol. The summed E-state index contributed by atoms with van der Waals surface area (Å²) in [6.45, 7) is 4.48. The topological polar surface area (TPSA) is 79.9 Å². The summed E-state index contributed by atoms with van der Waals surface area (Å²) < 4.78 is 10.3. The minimum atomic E-state index is -1.16. The molecule has 29 heavy (non-hydrogen) atoms. The van der Waals surface area contributed by atoms with Crippen LogP contribution in [0, 0.1) is 0 Å². The van der Waals surface area contributed by atoms with Crippen molar-refractivity contribution in [1.82, 2.24) is 4.90 Å². The number of benzene rings is 2. The largest absolute Gasteiger partial charge is 0.497 e. The molecule has 8 heteroatoms. The van der Waals surface area contributed by atoms with Crippen molar-refractivity contribution in [2.24, 2.45) is 0 Å². The molecule has 1 saturated heterocycles. The molecule has 0 bridgehead atoms. The summed E-state index contributed by atoms with van der Waals surface area (Å²) in [6.07, 6.45) is 0. The molecule has 0 unspecified atom stereocenters. The molecule has 2 heterocycles. The Bertz CT molecular complexity index is 994. The van der Waals surface area contributed by atoms with E-state index in [1.807, 2.05) is 26.0 Å². The Morgan fingerprint density at radius 3 is 2.59 bits per heavy atom. The number of carbonyl (C=O) groups is 2. The Balaban J connectivity index is 1.75. The predicted octanol–water partition coefficient (Wildman–Crippen LogP) is 3.87. The molecule has 0 aromatic heterocycles. The Morgan fingerprint density at radius 2 is 1.86 bits per heavy atom. The van der Waals surface area contributed by atoms with E-state index in [9.17, 15) is 9.59 Å². The number of urea groups is 1. The van der Waals surface area contributed by atoms with Gasteiger partial charge in [-0.15, -0.1) is 11.8 Å². The molecule has 0 aliphatic carbocycles. The monoisotopic (exact) mass is 413 g/mol. The van der Waals surface area contributed by atoms with Gasteiger partial charge >= 0.3 is 6.03 Å². The van der Waals surface area contributed by atoms with Crippen LogP contribution in [0.25, 0.3) is 0 Å². The predicted molar refractivity (Wildman–Crippen MR) is 114 cm³/mol. The van der Waals surface area contributed by atoms with Crippen LogP contribution in [0.5, 0.6) is 11.5 Å². The molecule has 0 radical (unpaired) electrons. The highest BCUT2D eigenvalue weighted by atomic mass is 32.2. The third-order valence-corrected chi connectivity index (χ3v) is 6.66. The molecule has 2 N–H and O–H groups in total. The van der Waals surface area contributed by atoms with Crippen molar-refractivity contribution in [3.05, 3.63) is 48.0 Å². The molecule has 2 aromatic rings. The van der Waals surface area contributed by atoms with E-state index in [0.717, 1.165) is 5.56 Å². The maximum atomic E-state index is 13.3. The van der Waals surface area contributed by atoms with Crippen LogP contribution in [0.3, 0.4) is 0 Å². The first-order valence-corrected chi connectivity index (χ1v) is 10.0. The maximum Gasteiger partial charge on any atom is 0.323 e. The molecule has 1 atom stereocenters. The zero-order chi connectivity index (χ0) is 20.8. The van der Waals surface area contributed by atoms with Crippen molar-refractivity contribution in [2.75, 3.05) is 31.4 Å². The first kappa shape index (κ1) is 19.4. The van der Waals surface area contributed by atoms with E-state index in [2.05, 4.69) is 10.6 Å². The molecule has 3 amide bonds. The lowest BCUT2D eigenvalue weighted by Crippen LogP contribution is -2.49. The number of fused-ring (bicyclic) bond motifs is 2. The molecular formula is C21H23N3O4S. The van der Waals surface area contributed by atoms with Gasteiger partial charge in [-0.05, 0) is 44.2 Å². The molecule has 0 saturated carbocycles. The summed E-state index contributed by atoms with van der Waals surface area (Å²) in [4.78, 5) is 27.0. The second-order valence-corrected chi connectivity index (χ2v) is 9.52. The lowest BCUT2D eigenvalue weighted by molar-refractivity contribution is -0.121. The Kier molecular flexibility index (Phi) is 4.61. The van der Waals surface area contributed by atoms with Gasteiger partial charge in [0.1, 0.15) is 11.5 Å². The number of hydrogen-bond acceptors (Lipinski definition) is 5. The lowest BCUT2D eigenvalue weighted by Gasteiger charge is -2.32. The van der Waals surface area contributed by atoms with Crippen LogP contribution in [0.15, 0.2) is 42.5 Å². The van der Waals surface area contributed by atoms with Gasteiger partial charge in [0.25, 0.3) is 5.91 Å². The average Bonchev–Trinajstić information content (AvgIpc) is 3.15. The van der Waals surface area contributed by atoms with Crippen molar-refractivity contribution in [3.63, 3.8) is 0 Å². The highest BCUT2D eigenvalue weighted by Crippen LogP contribution is 2.58. The second-order valence-electron chi connectivity index (χ2n) is 7.62. The minimum absolute atomic E-state index is 0.225. The minimum Gasteiger partial charge on any atom is -0.497 e. The normalized spacial score (nSPS) is 21.7. The molecule has 152 valence electrons. The van der Waals surface area contributed by atoms with Crippen molar-refractivity contribution < 1.29 is 19.1 Å². The first-order valence-electron chi connectivity index (χ1n) is 9.22. The summed E-state index contributed by atoms with van der Waals surface area (Å²) >= 11 is 1.48. The van der Waals surface area contributed by atoms with E-state index in [-0.39, 0.29) is 16.7 Å². The summed E-state index contributed by atoms with van der Waals surface area (Å²) in [6, 6.07) is 12.2. The summed E-state index contributed by atoms with van der Waals surface area (Å²) in [7, 11) is 3.15. The SMILES string of the molecule is COc1cccc(NC(=O)N2CC(C)(C)S[C@]23C(=O)Nc2ccc(OC)cc23)c1. The van der Waals surface area contributed by atoms with Crippen LogP contribution in [-0.4, -0.2) is 42.3 Å². The number of ether oxygens (including phenoxy) is 2. The number of methoxy groups -OCH3 is 2. The van der Waals surface area contributed by atoms with E-state index in [1.54, 1.807) is 49.5 Å². The number of rotatable bonds is 3. The molecule has 1 spiro atoms. The summed E-state index contributed by atoms with van der Waals surface area (Å²) in [5.74, 6) is 1.05. The Morgan fingerprint density at radius 1 is 1.14 bits per heavy atom. The van der Waals surface area contributed by atoms with Crippen LogP contribution in [0.4, 0.5) is 16.2 Å². The number of hydrogen-bond donors (Lipinski definition) is 2. The first-order chi connectivity index (χ1) is 13.8. The number of amides is 3. The average molecular weight is 413 g/mol. The second kappa shape index (κ2) is 6.88. The zero-order valence-electron chi connectivity index (χ0n) is 16.7. The van der Waals surface area contributed by atoms with E-state index < -0.39 is 4.87 Å². The van der Waals surface area contributed by atoms with Crippen LogP contribution in [0.2, 0.25) is 0 Å². The molecule has 2 aliphatic heterocycles. The standard InChI is InChI=1S/C21H23N3O4S/c1-20(2)12-24(19(26)22-13-6-5-7-14(10-13)27-3)21(29-20)16-11-15(28-4)8-9-17(16)23-18(21)25/h5-11H,12H2,1-4H3,(H,22,26)(H,23,25)/t21-/m1/s1. The fraction of sp³-hybridized carbons (Fsp3) is 0.333. The van der Waals surface area contributed by atoms with Gasteiger partial charge in [0.05, 0.1) is 14.2 Å². The number of nitrogens with one attached hydrogen (secondary N) is 2. The van der Waals surface area contributed by atoms with Gasteiger partial charge in [-0.1, -0.05) is 6.07 Å². The van der Waals surface area contributed by atoms with Crippen LogP contribution in [0.1, 0.15) is 19.4 Å². The van der Waals surface area contributed by atoms with E-state index in [4.69, 9.17) is 9.47 Å². The Hall–Kier alpha value is -2.87. The number of nitrogens with zero attached hydrogens (tertiary/aromatic N) is 1. The lowest BCUT2D eigenvalue weighted by atomic mass is 10.0. The molecule has 2 aromatic carbocycles. The van der Waals surface area contributed by atoms with E-state index in [1.165, 1.54) is 11.8 Å². The molecule has 1 fully saturated rings. The quantitative estimate of drug-likeness (QED) is 0.799. The maximum absolute atomic E-state index is 13.3. The van der Waals surface area contributed by atoms with Gasteiger partial charge in [-0.25, -0.2) is 4.79 Å². The van der Waals surface area contributed by atoms with Gasteiger partial charge in [-0.2, -0.15) is 0 Å². The highest BCUT2D eigenvalue weighted by Gasteiger charge is 2.61. The van der Waals surface area contributed by atoms with E-state index >= 15 is 0 Å². The zero-order valence-corrected chi connectivity index (χ0v) is 17.6. The van der Waals surface area contributed by atoms with Crippen LogP contribution in [-0.2, 0) is 9.67 Å². The third kappa shape index (κ3) is 3.17. The summed E-state index contributed by atoms with van der Waals surface area (Å²) in [5, 5.41) is 5.84. The van der Waals surface area contributed by atoms with Crippen molar-refractivity contribution in [2.45, 2.75) is 23.5 Å². The van der Waals surface area contributed by atoms with E-state index in [0.29, 0.717) is 29.4 Å². The van der Waals surface area contributed by atoms with Gasteiger partial charge in [0, 0.05) is 34.3 Å². The van der Waals surface area contributed by atoms with Gasteiger partial charge in [0.15, 0.2) is 4.87 Å². The smallest absolute Gasteiger partial charge is 0.323 e. The molecule has 4 rings (SSSR count). The fourth-order valence-corrected chi connectivity index (χ4v) is 5.50. The Labute approximate surface area is 173 Å². The van der Waals surface area contributed by atoms with Crippen LogP contribution >= 0.6 is 11.8 Å². The van der Waals surface area contributed by atoms with Crippen LogP contribution < -0.4 is 20.1 Å². The third-order valence-electron chi connectivity index (χ3n) is 5.06. The molecule has 7 nitrogen and oxygen atoms in total. The van der Waals surface area contributed by atoms with Gasteiger partial charge in [-0.3, -0.25) is 9.69 Å².